The highest BCUT2D eigenvalue weighted by atomic mass is 19.1. The number of benzene rings is 1. The fourth-order valence-electron chi connectivity index (χ4n) is 1.66. The molecule has 0 saturated carbocycles. The SMILES string of the molecule is Cc1c(N)cc(C(=O)NC(C)CCN(C)C)cc1F. The van der Waals surface area contributed by atoms with E-state index in [4.69, 9.17) is 5.73 Å². The van der Waals surface area contributed by atoms with Crippen molar-refractivity contribution in [2.24, 2.45) is 0 Å². The van der Waals surface area contributed by atoms with Crippen LogP contribution in [-0.2, 0) is 0 Å². The van der Waals surface area contributed by atoms with Crippen LogP contribution >= 0.6 is 0 Å². The third-order valence-corrected chi connectivity index (χ3v) is 3.03. The number of halogens is 1. The van der Waals surface area contributed by atoms with E-state index >= 15 is 0 Å². The maximum Gasteiger partial charge on any atom is 0.251 e. The van der Waals surface area contributed by atoms with Crippen LogP contribution in [0.3, 0.4) is 0 Å². The van der Waals surface area contributed by atoms with Crippen molar-refractivity contribution in [3.63, 3.8) is 0 Å². The van der Waals surface area contributed by atoms with Crippen molar-refractivity contribution in [1.29, 1.82) is 0 Å². The zero-order valence-corrected chi connectivity index (χ0v) is 12.0. The Morgan fingerprint density at radius 2 is 2.11 bits per heavy atom. The zero-order chi connectivity index (χ0) is 14.6. The van der Waals surface area contributed by atoms with Gasteiger partial charge >= 0.3 is 0 Å². The van der Waals surface area contributed by atoms with Gasteiger partial charge in [-0.2, -0.15) is 0 Å². The summed E-state index contributed by atoms with van der Waals surface area (Å²) in [5, 5.41) is 2.84. The van der Waals surface area contributed by atoms with Gasteiger partial charge in [-0.15, -0.1) is 0 Å². The molecule has 1 aromatic rings. The first-order valence-electron chi connectivity index (χ1n) is 6.32. The first kappa shape index (κ1) is 15.4. The summed E-state index contributed by atoms with van der Waals surface area (Å²) in [6, 6.07) is 2.76. The minimum Gasteiger partial charge on any atom is -0.398 e. The summed E-state index contributed by atoms with van der Waals surface area (Å²) in [5.74, 6) is -0.747. The lowest BCUT2D eigenvalue weighted by atomic mass is 10.1. The van der Waals surface area contributed by atoms with E-state index in [1.54, 1.807) is 6.92 Å². The Balaban J connectivity index is 2.68. The second kappa shape index (κ2) is 6.52. The number of carbonyl (C=O) groups excluding carboxylic acids is 1. The van der Waals surface area contributed by atoms with Crippen LogP contribution in [0, 0.1) is 12.7 Å². The number of amides is 1. The summed E-state index contributed by atoms with van der Waals surface area (Å²) < 4.78 is 13.5. The van der Waals surface area contributed by atoms with Crippen molar-refractivity contribution >= 4 is 11.6 Å². The summed E-state index contributed by atoms with van der Waals surface area (Å²) in [4.78, 5) is 14.0. The molecule has 19 heavy (non-hydrogen) atoms. The number of nitrogens with zero attached hydrogens (tertiary/aromatic N) is 1. The molecule has 1 unspecified atom stereocenters. The van der Waals surface area contributed by atoms with Crippen LogP contribution in [0.2, 0.25) is 0 Å². The lowest BCUT2D eigenvalue weighted by molar-refractivity contribution is 0.0936. The third-order valence-electron chi connectivity index (χ3n) is 3.03. The average molecular weight is 267 g/mol. The highest BCUT2D eigenvalue weighted by molar-refractivity contribution is 5.95. The molecule has 0 radical (unpaired) electrons. The molecule has 1 aromatic carbocycles. The van der Waals surface area contributed by atoms with E-state index in [0.29, 0.717) is 11.3 Å². The van der Waals surface area contributed by atoms with Gasteiger partial charge in [0.1, 0.15) is 5.82 Å². The topological polar surface area (TPSA) is 58.4 Å². The number of nitrogens with two attached hydrogens (primary N) is 1. The number of hydrogen-bond donors (Lipinski definition) is 2. The normalized spacial score (nSPS) is 12.5. The molecular formula is C14H22FN3O. The van der Waals surface area contributed by atoms with Gasteiger partial charge in [-0.05, 0) is 53.0 Å². The number of nitrogen functional groups attached to an aromatic ring is 1. The molecule has 106 valence electrons. The zero-order valence-electron chi connectivity index (χ0n) is 12.0. The highest BCUT2D eigenvalue weighted by Gasteiger charge is 2.13. The van der Waals surface area contributed by atoms with Crippen LogP contribution in [0.25, 0.3) is 0 Å². The van der Waals surface area contributed by atoms with Crippen LogP contribution < -0.4 is 11.1 Å². The number of rotatable bonds is 5. The summed E-state index contributed by atoms with van der Waals surface area (Å²) in [6.07, 6.45) is 0.836. The molecule has 3 N–H and O–H groups in total. The monoisotopic (exact) mass is 267 g/mol. The fourth-order valence-corrected chi connectivity index (χ4v) is 1.66. The number of anilines is 1. The second-order valence-corrected chi connectivity index (χ2v) is 5.14. The van der Waals surface area contributed by atoms with E-state index in [1.807, 2.05) is 25.9 Å². The van der Waals surface area contributed by atoms with E-state index in [0.717, 1.165) is 13.0 Å². The van der Waals surface area contributed by atoms with Gasteiger partial charge in [0.25, 0.3) is 5.91 Å². The first-order valence-corrected chi connectivity index (χ1v) is 6.32. The van der Waals surface area contributed by atoms with E-state index < -0.39 is 5.82 Å². The molecule has 0 aliphatic heterocycles. The van der Waals surface area contributed by atoms with E-state index in [-0.39, 0.29) is 17.5 Å². The second-order valence-electron chi connectivity index (χ2n) is 5.14. The van der Waals surface area contributed by atoms with Crippen LogP contribution in [0.1, 0.15) is 29.3 Å². The summed E-state index contributed by atoms with van der Waals surface area (Å²) >= 11 is 0. The Morgan fingerprint density at radius 3 is 2.63 bits per heavy atom. The minimum absolute atomic E-state index is 0.0282. The van der Waals surface area contributed by atoms with E-state index in [1.165, 1.54) is 12.1 Å². The van der Waals surface area contributed by atoms with Gasteiger partial charge in [-0.1, -0.05) is 0 Å². The molecule has 1 rings (SSSR count). The third kappa shape index (κ3) is 4.52. The van der Waals surface area contributed by atoms with Crippen LogP contribution in [0.15, 0.2) is 12.1 Å². The van der Waals surface area contributed by atoms with Gasteiger partial charge in [-0.25, -0.2) is 4.39 Å². The maximum atomic E-state index is 13.5. The van der Waals surface area contributed by atoms with E-state index in [9.17, 15) is 9.18 Å². The molecule has 0 bridgehead atoms. The summed E-state index contributed by atoms with van der Waals surface area (Å²) in [7, 11) is 3.95. The van der Waals surface area contributed by atoms with Crippen LogP contribution in [0.4, 0.5) is 10.1 Å². The van der Waals surface area contributed by atoms with Gasteiger partial charge in [0, 0.05) is 22.9 Å². The van der Waals surface area contributed by atoms with Crippen molar-refractivity contribution in [3.05, 3.63) is 29.1 Å². The molecule has 0 aliphatic rings. The molecule has 4 nitrogen and oxygen atoms in total. The van der Waals surface area contributed by atoms with Crippen molar-refractivity contribution in [2.75, 3.05) is 26.4 Å². The molecule has 1 atom stereocenters. The Kier molecular flexibility index (Phi) is 5.30. The quantitative estimate of drug-likeness (QED) is 0.800. The van der Waals surface area contributed by atoms with Gasteiger partial charge in [0.05, 0.1) is 0 Å². The van der Waals surface area contributed by atoms with Crippen molar-refractivity contribution < 1.29 is 9.18 Å². The molecule has 0 aliphatic carbocycles. The van der Waals surface area contributed by atoms with Gasteiger partial charge in [0.2, 0.25) is 0 Å². The predicted molar refractivity (Wildman–Crippen MR) is 75.6 cm³/mol. The van der Waals surface area contributed by atoms with Crippen LogP contribution in [-0.4, -0.2) is 37.5 Å². The number of carbonyl (C=O) groups is 1. The fraction of sp³-hybridized carbons (Fsp3) is 0.500. The summed E-state index contributed by atoms with van der Waals surface area (Å²) in [6.45, 7) is 4.40. The summed E-state index contributed by atoms with van der Waals surface area (Å²) in [5.41, 5.74) is 6.59. The van der Waals surface area contributed by atoms with Gasteiger partial charge in [-0.3, -0.25) is 4.79 Å². The Labute approximate surface area is 113 Å². The maximum absolute atomic E-state index is 13.5. The van der Waals surface area contributed by atoms with Gasteiger partial charge < -0.3 is 16.0 Å². The van der Waals surface area contributed by atoms with Crippen molar-refractivity contribution in [2.45, 2.75) is 26.3 Å². The molecule has 5 heteroatoms. The number of hydrogen-bond acceptors (Lipinski definition) is 3. The molecule has 0 spiro atoms. The molecule has 0 aromatic heterocycles. The smallest absolute Gasteiger partial charge is 0.251 e. The van der Waals surface area contributed by atoms with E-state index in [2.05, 4.69) is 5.32 Å². The molecular weight excluding hydrogens is 245 g/mol. The average Bonchev–Trinajstić information content (AvgIpc) is 2.32. The Hall–Kier alpha value is -1.62. The molecule has 0 heterocycles. The lowest BCUT2D eigenvalue weighted by Crippen LogP contribution is -2.34. The van der Waals surface area contributed by atoms with Crippen LogP contribution in [0.5, 0.6) is 0 Å². The van der Waals surface area contributed by atoms with Crippen molar-refractivity contribution in [3.8, 4) is 0 Å². The number of nitrogens with one attached hydrogen (secondary N) is 1. The molecule has 1 amide bonds. The molecule has 0 saturated heterocycles. The minimum atomic E-state index is -0.453. The Morgan fingerprint density at radius 1 is 1.47 bits per heavy atom. The molecule has 0 fully saturated rings. The lowest BCUT2D eigenvalue weighted by Gasteiger charge is -2.17. The Bertz CT molecular complexity index is 437. The predicted octanol–water partition coefficient (Wildman–Crippen LogP) is 1.79. The highest BCUT2D eigenvalue weighted by Crippen LogP contribution is 2.17. The van der Waals surface area contributed by atoms with Gasteiger partial charge in [0.15, 0.2) is 0 Å². The largest absolute Gasteiger partial charge is 0.398 e. The standard InChI is InChI=1S/C14H22FN3O/c1-9(5-6-18(3)4)17-14(19)11-7-12(15)10(2)13(16)8-11/h7-9H,5-6,16H2,1-4H3,(H,17,19). The van der Waals surface area contributed by atoms with Crippen molar-refractivity contribution in [1.82, 2.24) is 10.2 Å². The first-order chi connectivity index (χ1) is 8.81.